The van der Waals surface area contributed by atoms with Gasteiger partial charge in [0.1, 0.15) is 6.04 Å². The molecule has 0 spiro atoms. The number of rotatable bonds is 3. The molecule has 3 amide bonds. The Kier molecular flexibility index (Phi) is 4.19. The minimum atomic E-state index is -0.419. The molecule has 0 bridgehead atoms. The smallest absolute Gasteiger partial charge is 0.315 e. The zero-order valence-electron chi connectivity index (χ0n) is 12.1. The number of carbonyl (C=O) groups is 2. The van der Waals surface area contributed by atoms with Gasteiger partial charge in [-0.15, -0.1) is 0 Å². The number of nitrogens with zero attached hydrogens (tertiary/aromatic N) is 1. The van der Waals surface area contributed by atoms with Crippen molar-refractivity contribution in [2.45, 2.75) is 30.8 Å². The third-order valence-electron chi connectivity index (χ3n) is 4.22. The van der Waals surface area contributed by atoms with E-state index in [9.17, 15) is 9.59 Å². The van der Waals surface area contributed by atoms with Crippen LogP contribution in [-0.4, -0.2) is 42.5 Å². The minimum absolute atomic E-state index is 0.0326. The average molecular weight is 342 g/mol. The van der Waals surface area contributed by atoms with Crippen molar-refractivity contribution in [2.75, 3.05) is 13.6 Å². The Labute approximate surface area is 138 Å². The van der Waals surface area contributed by atoms with Crippen LogP contribution in [0, 0.1) is 0 Å². The summed E-state index contributed by atoms with van der Waals surface area (Å²) in [7, 11) is 1.74. The van der Waals surface area contributed by atoms with E-state index < -0.39 is 6.04 Å². The highest BCUT2D eigenvalue weighted by Crippen LogP contribution is 2.45. The van der Waals surface area contributed by atoms with Crippen molar-refractivity contribution in [2.24, 2.45) is 0 Å². The largest absolute Gasteiger partial charge is 0.344 e. The van der Waals surface area contributed by atoms with Crippen LogP contribution in [0.25, 0.3) is 0 Å². The second-order valence-corrected chi connectivity index (χ2v) is 6.60. The summed E-state index contributed by atoms with van der Waals surface area (Å²) in [6.07, 6.45) is 1.48. The molecule has 1 aromatic rings. The molecule has 0 radical (unpaired) electrons. The van der Waals surface area contributed by atoms with Crippen molar-refractivity contribution >= 4 is 35.1 Å². The third kappa shape index (κ3) is 3.01. The van der Waals surface area contributed by atoms with E-state index in [4.69, 9.17) is 23.2 Å². The SMILES string of the molecule is CN1CC[C@H](NC(=O)N[C@H]2C[C@@H]2c2cccc(Cl)c2Cl)C1=O. The number of benzene rings is 1. The van der Waals surface area contributed by atoms with E-state index >= 15 is 0 Å². The van der Waals surface area contributed by atoms with Gasteiger partial charge in [0.05, 0.1) is 10.0 Å². The van der Waals surface area contributed by atoms with Crippen LogP contribution in [0.2, 0.25) is 10.0 Å². The number of likely N-dealkylation sites (tertiary alicyclic amines) is 1. The molecule has 5 nitrogen and oxygen atoms in total. The summed E-state index contributed by atoms with van der Waals surface area (Å²) in [6.45, 7) is 0.675. The van der Waals surface area contributed by atoms with E-state index in [0.717, 1.165) is 12.0 Å². The monoisotopic (exact) mass is 341 g/mol. The zero-order chi connectivity index (χ0) is 15.9. The fourth-order valence-corrected chi connectivity index (χ4v) is 3.28. The molecule has 3 atom stereocenters. The Morgan fingerprint density at radius 1 is 1.32 bits per heavy atom. The number of hydrogen-bond donors (Lipinski definition) is 2. The van der Waals surface area contributed by atoms with Gasteiger partial charge in [0.2, 0.25) is 5.91 Å². The number of halogens is 2. The van der Waals surface area contributed by atoms with Crippen molar-refractivity contribution in [3.05, 3.63) is 33.8 Å². The van der Waals surface area contributed by atoms with E-state index in [1.807, 2.05) is 12.1 Å². The Bertz CT molecular complexity index is 623. The van der Waals surface area contributed by atoms with Crippen LogP contribution in [0.15, 0.2) is 18.2 Å². The van der Waals surface area contributed by atoms with E-state index in [2.05, 4.69) is 10.6 Å². The van der Waals surface area contributed by atoms with Gasteiger partial charge >= 0.3 is 6.03 Å². The summed E-state index contributed by atoms with van der Waals surface area (Å²) in [5.74, 6) is 0.138. The molecule has 118 valence electrons. The molecule has 2 N–H and O–H groups in total. The highest BCUT2D eigenvalue weighted by atomic mass is 35.5. The minimum Gasteiger partial charge on any atom is -0.344 e. The number of hydrogen-bond acceptors (Lipinski definition) is 2. The summed E-state index contributed by atoms with van der Waals surface area (Å²) >= 11 is 12.2. The van der Waals surface area contributed by atoms with Crippen LogP contribution >= 0.6 is 23.2 Å². The van der Waals surface area contributed by atoms with Gasteiger partial charge in [-0.05, 0) is 24.5 Å². The highest BCUT2D eigenvalue weighted by molar-refractivity contribution is 6.42. The lowest BCUT2D eigenvalue weighted by Gasteiger charge is -2.13. The van der Waals surface area contributed by atoms with Crippen LogP contribution < -0.4 is 10.6 Å². The predicted octanol–water partition coefficient (Wildman–Crippen LogP) is 2.38. The molecule has 2 fully saturated rings. The number of carbonyl (C=O) groups excluding carboxylic acids is 2. The molecular formula is C15H17Cl2N3O2. The molecule has 1 heterocycles. The Hall–Kier alpha value is -1.46. The lowest BCUT2D eigenvalue weighted by Crippen LogP contribution is -2.46. The summed E-state index contributed by atoms with van der Waals surface area (Å²) in [4.78, 5) is 25.4. The van der Waals surface area contributed by atoms with Crippen LogP contribution in [0.5, 0.6) is 0 Å². The molecule has 0 aromatic heterocycles. The Morgan fingerprint density at radius 3 is 2.77 bits per heavy atom. The lowest BCUT2D eigenvalue weighted by atomic mass is 10.1. The summed E-state index contributed by atoms with van der Waals surface area (Å²) in [5.41, 5.74) is 0.955. The maximum Gasteiger partial charge on any atom is 0.315 e. The zero-order valence-corrected chi connectivity index (χ0v) is 13.6. The van der Waals surface area contributed by atoms with Crippen LogP contribution in [0.4, 0.5) is 4.79 Å². The normalized spacial score (nSPS) is 27.0. The van der Waals surface area contributed by atoms with Gasteiger partial charge in [0, 0.05) is 25.6 Å². The number of amides is 3. The quantitative estimate of drug-likeness (QED) is 0.886. The first-order chi connectivity index (χ1) is 10.5. The number of likely N-dealkylation sites (N-methyl/N-ethyl adjacent to an activating group) is 1. The molecule has 2 aliphatic rings. The maximum absolute atomic E-state index is 12.0. The summed E-state index contributed by atoms with van der Waals surface area (Å²) in [6, 6.07) is 4.83. The van der Waals surface area contributed by atoms with Gasteiger partial charge in [0.25, 0.3) is 0 Å². The van der Waals surface area contributed by atoms with Crippen molar-refractivity contribution < 1.29 is 9.59 Å². The fourth-order valence-electron chi connectivity index (χ4n) is 2.83. The lowest BCUT2D eigenvalue weighted by molar-refractivity contribution is -0.128. The average Bonchev–Trinajstić information content (AvgIpc) is 3.16. The predicted molar refractivity (Wildman–Crippen MR) is 85.3 cm³/mol. The molecule has 1 aliphatic heterocycles. The highest BCUT2D eigenvalue weighted by Gasteiger charge is 2.41. The van der Waals surface area contributed by atoms with Crippen LogP contribution in [0.1, 0.15) is 24.3 Å². The van der Waals surface area contributed by atoms with Gasteiger partial charge in [-0.3, -0.25) is 4.79 Å². The third-order valence-corrected chi connectivity index (χ3v) is 5.05. The van der Waals surface area contributed by atoms with Gasteiger partial charge in [-0.1, -0.05) is 35.3 Å². The number of urea groups is 1. The first-order valence-electron chi connectivity index (χ1n) is 7.23. The molecule has 3 rings (SSSR count). The van der Waals surface area contributed by atoms with E-state index in [-0.39, 0.29) is 23.9 Å². The standard InChI is InChI=1S/C15H17Cl2N3O2/c1-20-6-5-11(14(20)21)18-15(22)19-12-7-9(12)8-3-2-4-10(16)13(8)17/h2-4,9,11-12H,5-7H2,1H3,(H2,18,19,22)/t9-,11+,12+/m1/s1. The Balaban J connectivity index is 1.54. The van der Waals surface area contributed by atoms with Crippen molar-refractivity contribution in [3.8, 4) is 0 Å². The summed E-state index contributed by atoms with van der Waals surface area (Å²) in [5, 5.41) is 6.69. The molecule has 1 saturated carbocycles. The molecular weight excluding hydrogens is 325 g/mol. The van der Waals surface area contributed by atoms with E-state index in [0.29, 0.717) is 23.0 Å². The molecule has 1 saturated heterocycles. The molecule has 7 heteroatoms. The van der Waals surface area contributed by atoms with Gasteiger partial charge in [-0.25, -0.2) is 4.79 Å². The number of nitrogens with one attached hydrogen (secondary N) is 2. The summed E-state index contributed by atoms with van der Waals surface area (Å²) < 4.78 is 0. The molecule has 1 aromatic carbocycles. The van der Waals surface area contributed by atoms with Crippen LogP contribution in [-0.2, 0) is 4.79 Å². The second kappa shape index (κ2) is 5.97. The van der Waals surface area contributed by atoms with Gasteiger partial charge < -0.3 is 15.5 Å². The topological polar surface area (TPSA) is 61.4 Å². The van der Waals surface area contributed by atoms with Crippen molar-refractivity contribution in [1.82, 2.24) is 15.5 Å². The molecule has 1 aliphatic carbocycles. The maximum atomic E-state index is 12.0. The van der Waals surface area contributed by atoms with Gasteiger partial charge in [0.15, 0.2) is 0 Å². The second-order valence-electron chi connectivity index (χ2n) is 5.81. The van der Waals surface area contributed by atoms with Gasteiger partial charge in [-0.2, -0.15) is 0 Å². The first-order valence-corrected chi connectivity index (χ1v) is 7.99. The Morgan fingerprint density at radius 2 is 2.09 bits per heavy atom. The first kappa shape index (κ1) is 15.4. The fraction of sp³-hybridized carbons (Fsp3) is 0.467. The van der Waals surface area contributed by atoms with Crippen molar-refractivity contribution in [1.29, 1.82) is 0 Å². The molecule has 22 heavy (non-hydrogen) atoms. The molecule has 0 unspecified atom stereocenters. The van der Waals surface area contributed by atoms with Crippen molar-refractivity contribution in [3.63, 3.8) is 0 Å². The van der Waals surface area contributed by atoms with E-state index in [1.54, 1.807) is 18.0 Å². The van der Waals surface area contributed by atoms with E-state index in [1.165, 1.54) is 0 Å². The van der Waals surface area contributed by atoms with Crippen LogP contribution in [0.3, 0.4) is 0 Å².